The van der Waals surface area contributed by atoms with Crippen molar-refractivity contribution in [3.8, 4) is 5.95 Å². The van der Waals surface area contributed by atoms with Crippen LogP contribution in [-0.4, -0.2) is 31.0 Å². The second kappa shape index (κ2) is 5.83. The first-order chi connectivity index (χ1) is 9.54. The van der Waals surface area contributed by atoms with Crippen molar-refractivity contribution in [1.29, 1.82) is 0 Å². The van der Waals surface area contributed by atoms with Crippen LogP contribution in [0.1, 0.15) is 27.2 Å². The quantitative estimate of drug-likeness (QED) is 0.537. The summed E-state index contributed by atoms with van der Waals surface area (Å²) in [7, 11) is 0. The number of hydrazine groups is 1. The third kappa shape index (κ3) is 3.41. The lowest BCUT2D eigenvalue weighted by Crippen LogP contribution is -2.24. The number of hydrogen-bond donors (Lipinski definition) is 3. The zero-order valence-corrected chi connectivity index (χ0v) is 12.0. The molecule has 0 radical (unpaired) electrons. The molecule has 2 aromatic rings. The lowest BCUT2D eigenvalue weighted by Gasteiger charge is -2.22. The maximum atomic E-state index is 5.39. The van der Waals surface area contributed by atoms with E-state index in [0.29, 0.717) is 17.8 Å². The van der Waals surface area contributed by atoms with E-state index in [4.69, 9.17) is 5.84 Å². The molecule has 108 valence electrons. The number of anilines is 2. The van der Waals surface area contributed by atoms with E-state index in [1.54, 1.807) is 23.3 Å². The average Bonchev–Trinajstić information content (AvgIpc) is 2.99. The van der Waals surface area contributed by atoms with Gasteiger partial charge < -0.3 is 5.32 Å². The summed E-state index contributed by atoms with van der Waals surface area (Å²) in [5, 5.41) is 3.22. The van der Waals surface area contributed by atoms with Crippen molar-refractivity contribution in [2.75, 3.05) is 17.3 Å². The molecular formula is C12H20N8. The van der Waals surface area contributed by atoms with Crippen molar-refractivity contribution in [3.05, 3.63) is 18.7 Å². The largest absolute Gasteiger partial charge is 0.353 e. The molecule has 2 aromatic heterocycles. The number of nitrogen functional groups attached to an aromatic ring is 1. The Morgan fingerprint density at radius 1 is 1.25 bits per heavy atom. The molecule has 2 heterocycles. The SMILES string of the molecule is CCC(C)(C)CNc1nc(NN)nc(-n2ccnc2)n1. The maximum Gasteiger partial charge on any atom is 0.243 e. The monoisotopic (exact) mass is 276 g/mol. The molecule has 0 aliphatic carbocycles. The molecule has 0 atom stereocenters. The van der Waals surface area contributed by atoms with Crippen LogP contribution >= 0.6 is 0 Å². The van der Waals surface area contributed by atoms with Gasteiger partial charge in [0.1, 0.15) is 6.33 Å². The van der Waals surface area contributed by atoms with Crippen LogP contribution in [-0.2, 0) is 0 Å². The van der Waals surface area contributed by atoms with Gasteiger partial charge in [-0.3, -0.25) is 9.99 Å². The van der Waals surface area contributed by atoms with Gasteiger partial charge in [-0.2, -0.15) is 15.0 Å². The number of aromatic nitrogens is 5. The minimum atomic E-state index is 0.165. The van der Waals surface area contributed by atoms with Gasteiger partial charge in [-0.25, -0.2) is 10.8 Å². The highest BCUT2D eigenvalue weighted by atomic mass is 15.4. The van der Waals surface area contributed by atoms with Gasteiger partial charge in [0.25, 0.3) is 0 Å². The molecule has 0 aromatic carbocycles. The van der Waals surface area contributed by atoms with Gasteiger partial charge in [0.2, 0.25) is 17.8 Å². The molecule has 8 heteroatoms. The Kier molecular flexibility index (Phi) is 4.14. The van der Waals surface area contributed by atoms with Crippen molar-refractivity contribution in [3.63, 3.8) is 0 Å². The Labute approximate surface area is 117 Å². The molecule has 0 spiro atoms. The Bertz CT molecular complexity index is 549. The van der Waals surface area contributed by atoms with E-state index in [-0.39, 0.29) is 5.41 Å². The third-order valence-electron chi connectivity index (χ3n) is 3.17. The smallest absolute Gasteiger partial charge is 0.243 e. The van der Waals surface area contributed by atoms with Crippen LogP contribution in [0.4, 0.5) is 11.9 Å². The second-order valence-corrected chi connectivity index (χ2v) is 5.27. The fourth-order valence-electron chi connectivity index (χ4n) is 1.44. The van der Waals surface area contributed by atoms with Gasteiger partial charge in [-0.05, 0) is 11.8 Å². The van der Waals surface area contributed by atoms with Crippen molar-refractivity contribution in [1.82, 2.24) is 24.5 Å². The van der Waals surface area contributed by atoms with Gasteiger partial charge in [0.05, 0.1) is 0 Å². The van der Waals surface area contributed by atoms with E-state index >= 15 is 0 Å². The summed E-state index contributed by atoms with van der Waals surface area (Å²) in [4.78, 5) is 16.7. The molecule has 8 nitrogen and oxygen atoms in total. The standard InChI is InChI=1S/C12H20N8/c1-4-12(2,3)7-15-9-16-10(19-13)18-11(17-9)20-6-5-14-8-20/h5-6,8H,4,7,13H2,1-3H3,(H2,15,16,17,18,19). The van der Waals surface area contributed by atoms with Crippen LogP contribution in [0.5, 0.6) is 0 Å². The Balaban J connectivity index is 2.23. The zero-order chi connectivity index (χ0) is 14.6. The van der Waals surface area contributed by atoms with Crippen molar-refractivity contribution in [2.24, 2.45) is 11.3 Å². The zero-order valence-electron chi connectivity index (χ0n) is 12.0. The fourth-order valence-corrected chi connectivity index (χ4v) is 1.44. The molecule has 0 bridgehead atoms. The van der Waals surface area contributed by atoms with Crippen LogP contribution in [0.3, 0.4) is 0 Å². The highest BCUT2D eigenvalue weighted by Crippen LogP contribution is 2.20. The van der Waals surface area contributed by atoms with Crippen molar-refractivity contribution < 1.29 is 0 Å². The van der Waals surface area contributed by atoms with E-state index in [1.165, 1.54) is 0 Å². The molecular weight excluding hydrogens is 256 g/mol. The molecule has 20 heavy (non-hydrogen) atoms. The van der Waals surface area contributed by atoms with Gasteiger partial charge in [-0.15, -0.1) is 0 Å². The topological polar surface area (TPSA) is 107 Å². The lowest BCUT2D eigenvalue weighted by atomic mass is 9.90. The van der Waals surface area contributed by atoms with Crippen LogP contribution < -0.4 is 16.6 Å². The summed E-state index contributed by atoms with van der Waals surface area (Å²) in [5.41, 5.74) is 2.61. The molecule has 4 N–H and O–H groups in total. The van der Waals surface area contributed by atoms with Gasteiger partial charge >= 0.3 is 0 Å². The van der Waals surface area contributed by atoms with Crippen molar-refractivity contribution in [2.45, 2.75) is 27.2 Å². The van der Waals surface area contributed by atoms with Crippen LogP contribution in [0, 0.1) is 5.41 Å². The van der Waals surface area contributed by atoms with Crippen molar-refractivity contribution >= 4 is 11.9 Å². The van der Waals surface area contributed by atoms with Crippen LogP contribution in [0.2, 0.25) is 0 Å². The first-order valence-electron chi connectivity index (χ1n) is 6.49. The molecule has 0 saturated heterocycles. The fraction of sp³-hybridized carbons (Fsp3) is 0.500. The van der Waals surface area contributed by atoms with E-state index in [9.17, 15) is 0 Å². The second-order valence-electron chi connectivity index (χ2n) is 5.27. The van der Waals surface area contributed by atoms with E-state index < -0.39 is 0 Å². The average molecular weight is 276 g/mol. The molecule has 0 unspecified atom stereocenters. The number of hydrogen-bond acceptors (Lipinski definition) is 7. The maximum absolute atomic E-state index is 5.39. The summed E-state index contributed by atoms with van der Waals surface area (Å²) in [6.45, 7) is 7.28. The highest BCUT2D eigenvalue weighted by Gasteiger charge is 2.16. The summed E-state index contributed by atoms with van der Waals surface area (Å²) in [5.74, 6) is 6.64. The number of nitrogens with two attached hydrogens (primary N) is 1. The van der Waals surface area contributed by atoms with Crippen LogP contribution in [0.15, 0.2) is 18.7 Å². The van der Waals surface area contributed by atoms with Crippen LogP contribution in [0.25, 0.3) is 5.95 Å². The number of rotatable bonds is 6. The Morgan fingerprint density at radius 3 is 2.60 bits per heavy atom. The minimum absolute atomic E-state index is 0.165. The number of imidazole rings is 1. The highest BCUT2D eigenvalue weighted by molar-refractivity contribution is 5.37. The molecule has 0 aliphatic rings. The Morgan fingerprint density at radius 2 is 2.00 bits per heavy atom. The molecule has 0 aliphatic heterocycles. The first-order valence-corrected chi connectivity index (χ1v) is 6.49. The first kappa shape index (κ1) is 14.2. The summed E-state index contributed by atoms with van der Waals surface area (Å²) in [6, 6.07) is 0. The normalized spacial score (nSPS) is 11.4. The number of nitrogens with one attached hydrogen (secondary N) is 2. The molecule has 0 fully saturated rings. The Hall–Kier alpha value is -2.22. The van der Waals surface area contributed by atoms with Gasteiger partial charge in [0.15, 0.2) is 0 Å². The summed E-state index contributed by atoms with van der Waals surface area (Å²) >= 11 is 0. The third-order valence-corrected chi connectivity index (χ3v) is 3.17. The molecule has 0 saturated carbocycles. The lowest BCUT2D eigenvalue weighted by molar-refractivity contribution is 0.376. The predicted octanol–water partition coefficient (Wildman–Crippen LogP) is 1.19. The van der Waals surface area contributed by atoms with Gasteiger partial charge in [0, 0.05) is 18.9 Å². The van der Waals surface area contributed by atoms with E-state index in [2.05, 4.69) is 51.4 Å². The summed E-state index contributed by atoms with van der Waals surface area (Å²) < 4.78 is 1.69. The number of nitrogens with zero attached hydrogens (tertiary/aromatic N) is 5. The molecule has 2 rings (SSSR count). The molecule has 0 amide bonds. The predicted molar refractivity (Wildman–Crippen MR) is 77.3 cm³/mol. The van der Waals surface area contributed by atoms with Gasteiger partial charge in [-0.1, -0.05) is 20.8 Å². The van der Waals surface area contributed by atoms with E-state index in [1.807, 2.05) is 0 Å². The minimum Gasteiger partial charge on any atom is -0.353 e. The van der Waals surface area contributed by atoms with E-state index in [0.717, 1.165) is 13.0 Å². The summed E-state index contributed by atoms with van der Waals surface area (Å²) in [6.07, 6.45) is 6.10.